The highest BCUT2D eigenvalue weighted by atomic mass is 19.1. The van der Waals surface area contributed by atoms with Crippen LogP contribution in [0, 0.1) is 0 Å². The molecule has 3 nitrogen and oxygen atoms in total. The van der Waals surface area contributed by atoms with Crippen LogP contribution in [-0.4, -0.2) is 24.7 Å². The highest BCUT2D eigenvalue weighted by Gasteiger charge is 2.39. The molecule has 0 bridgehead atoms. The number of allylic oxidation sites excluding steroid dienone is 1. The van der Waals surface area contributed by atoms with Gasteiger partial charge in [-0.25, -0.2) is 4.39 Å². The van der Waals surface area contributed by atoms with Crippen molar-refractivity contribution >= 4 is 5.91 Å². The predicted molar refractivity (Wildman–Crippen MR) is 169 cm³/mol. The van der Waals surface area contributed by atoms with E-state index in [2.05, 4.69) is 19.2 Å². The van der Waals surface area contributed by atoms with Gasteiger partial charge in [0.1, 0.15) is 11.8 Å². The summed E-state index contributed by atoms with van der Waals surface area (Å²) in [6.45, 7) is 4.32. The summed E-state index contributed by atoms with van der Waals surface area (Å²) in [5, 5.41) is 2.98. The monoisotopic (exact) mass is 557 g/mol. The van der Waals surface area contributed by atoms with E-state index in [0.29, 0.717) is 6.42 Å². The maximum atomic E-state index is 15.8. The lowest BCUT2D eigenvalue weighted by Gasteiger charge is -2.37. The Morgan fingerprint density at radius 3 is 1.76 bits per heavy atom. The molecule has 0 saturated heterocycles. The Morgan fingerprint density at radius 1 is 0.756 bits per heavy atom. The third kappa shape index (κ3) is 9.97. The Bertz CT molecular complexity index is 1040. The molecule has 3 aromatic carbocycles. The van der Waals surface area contributed by atoms with Crippen LogP contribution in [0.3, 0.4) is 0 Å². The second-order valence-electron chi connectivity index (χ2n) is 10.8. The molecule has 2 atom stereocenters. The normalized spacial score (nSPS) is 13.2. The molecule has 1 amide bonds. The summed E-state index contributed by atoms with van der Waals surface area (Å²) in [7, 11) is 0. The van der Waals surface area contributed by atoms with Gasteiger partial charge in [0.25, 0.3) is 0 Å². The Hall–Kier alpha value is -3.24. The number of carbonyl (C=O) groups excluding carboxylic acids is 1. The van der Waals surface area contributed by atoms with Gasteiger partial charge in [-0.15, -0.1) is 0 Å². The van der Waals surface area contributed by atoms with Crippen LogP contribution in [-0.2, 0) is 15.1 Å². The second-order valence-corrected chi connectivity index (χ2v) is 10.8. The van der Waals surface area contributed by atoms with Gasteiger partial charge in [-0.3, -0.25) is 4.79 Å². The average Bonchev–Trinajstić information content (AvgIpc) is 3.02. The van der Waals surface area contributed by atoms with Crippen molar-refractivity contribution in [1.82, 2.24) is 5.32 Å². The van der Waals surface area contributed by atoms with Gasteiger partial charge in [-0.2, -0.15) is 0 Å². The van der Waals surface area contributed by atoms with Crippen LogP contribution in [0.1, 0.15) is 94.7 Å². The van der Waals surface area contributed by atoms with Crippen LogP contribution in [0.5, 0.6) is 0 Å². The van der Waals surface area contributed by atoms with E-state index < -0.39 is 17.8 Å². The topological polar surface area (TPSA) is 38.3 Å². The smallest absolute Gasteiger partial charge is 0.220 e. The van der Waals surface area contributed by atoms with Gasteiger partial charge in [0.05, 0.1) is 12.6 Å². The van der Waals surface area contributed by atoms with E-state index in [4.69, 9.17) is 4.74 Å². The van der Waals surface area contributed by atoms with Gasteiger partial charge in [0.15, 0.2) is 0 Å². The van der Waals surface area contributed by atoms with E-state index in [9.17, 15) is 4.79 Å². The maximum Gasteiger partial charge on any atom is 0.220 e. The molecule has 0 unspecified atom stereocenters. The number of ether oxygens (including phenoxy) is 1. The van der Waals surface area contributed by atoms with Gasteiger partial charge < -0.3 is 10.1 Å². The van der Waals surface area contributed by atoms with E-state index in [1.807, 2.05) is 97.1 Å². The van der Waals surface area contributed by atoms with Crippen molar-refractivity contribution in [1.29, 1.82) is 0 Å². The molecule has 0 aliphatic rings. The number of unbranched alkanes of at least 4 members (excludes halogenated alkanes) is 7. The van der Waals surface area contributed by atoms with Crippen LogP contribution >= 0.6 is 0 Å². The average molecular weight is 558 g/mol. The van der Waals surface area contributed by atoms with Crippen LogP contribution in [0.4, 0.5) is 4.39 Å². The number of benzene rings is 3. The van der Waals surface area contributed by atoms with Crippen molar-refractivity contribution in [2.45, 2.75) is 95.9 Å². The lowest BCUT2D eigenvalue weighted by molar-refractivity contribution is -0.123. The molecule has 0 aromatic heterocycles. The third-order valence-corrected chi connectivity index (χ3v) is 7.55. The quantitative estimate of drug-likeness (QED) is 0.0906. The number of hydrogen-bond donors (Lipinski definition) is 1. The summed E-state index contributed by atoms with van der Waals surface area (Å²) >= 11 is 0. The van der Waals surface area contributed by atoms with Crippen molar-refractivity contribution < 1.29 is 13.9 Å². The van der Waals surface area contributed by atoms with E-state index in [-0.39, 0.29) is 12.5 Å². The first-order valence-corrected chi connectivity index (χ1v) is 15.5. The number of carbonyl (C=O) groups is 1. The highest BCUT2D eigenvalue weighted by Crippen LogP contribution is 2.40. The zero-order chi connectivity index (χ0) is 29.2. The summed E-state index contributed by atoms with van der Waals surface area (Å²) < 4.78 is 22.7. The van der Waals surface area contributed by atoms with Crippen molar-refractivity contribution in [3.05, 3.63) is 120 Å². The first-order chi connectivity index (χ1) is 20.1. The third-order valence-electron chi connectivity index (χ3n) is 7.55. The van der Waals surface area contributed by atoms with Gasteiger partial charge in [-0.1, -0.05) is 156 Å². The molecule has 0 saturated carbocycles. The Labute approximate surface area is 247 Å². The summed E-state index contributed by atoms with van der Waals surface area (Å²) in [6, 6.07) is 29.4. The van der Waals surface area contributed by atoms with Gasteiger partial charge >= 0.3 is 0 Å². The van der Waals surface area contributed by atoms with E-state index in [1.165, 1.54) is 19.3 Å². The molecule has 220 valence electrons. The summed E-state index contributed by atoms with van der Waals surface area (Å²) in [6.07, 6.45) is 12.1. The molecule has 1 N–H and O–H groups in total. The first-order valence-electron chi connectivity index (χ1n) is 15.5. The van der Waals surface area contributed by atoms with Crippen molar-refractivity contribution in [3.63, 3.8) is 0 Å². The molecule has 0 radical (unpaired) electrons. The maximum absolute atomic E-state index is 15.8. The minimum Gasteiger partial charge on any atom is -0.359 e. The van der Waals surface area contributed by atoms with Crippen molar-refractivity contribution in [2.75, 3.05) is 6.61 Å². The lowest BCUT2D eigenvalue weighted by atomic mass is 9.80. The first kappa shape index (κ1) is 32.3. The SMILES string of the molecule is CCCCCCC/C=C/[C@@H](F)[C@H](COC(c1ccccc1)(c1ccccc1)c1ccccc1)NC(=O)CCCCC. The van der Waals surface area contributed by atoms with Gasteiger partial charge in [0, 0.05) is 6.42 Å². The standard InChI is InChI=1S/C37H48FNO2/c1-3-5-7-8-9-10-21-28-34(38)35(39-36(40)29-14-6-4-2)30-41-37(31-22-15-11-16-23-31,32-24-17-12-18-25-32)33-26-19-13-20-27-33/h11-13,15-28,34-35H,3-10,14,29-30H2,1-2H3,(H,39,40)/b28-21+/t34-,35+/m1/s1. The van der Waals surface area contributed by atoms with Crippen LogP contribution in [0.25, 0.3) is 0 Å². The number of nitrogens with one attached hydrogen (secondary N) is 1. The molecule has 0 fully saturated rings. The number of alkyl halides is 1. The lowest BCUT2D eigenvalue weighted by Crippen LogP contribution is -2.46. The minimum absolute atomic E-state index is 0.0141. The Balaban J connectivity index is 1.89. The largest absolute Gasteiger partial charge is 0.359 e. The Kier molecular flexibility index (Phi) is 14.4. The predicted octanol–water partition coefficient (Wildman–Crippen LogP) is 9.32. The van der Waals surface area contributed by atoms with E-state index in [0.717, 1.165) is 55.2 Å². The second kappa shape index (κ2) is 18.2. The number of amides is 1. The molecular weight excluding hydrogens is 509 g/mol. The zero-order valence-electron chi connectivity index (χ0n) is 24.9. The molecule has 0 aliphatic carbocycles. The molecule has 0 heterocycles. The summed E-state index contributed by atoms with van der Waals surface area (Å²) in [5.41, 5.74) is 1.87. The zero-order valence-corrected chi connectivity index (χ0v) is 24.9. The molecule has 3 rings (SSSR count). The molecule has 3 aromatic rings. The van der Waals surface area contributed by atoms with E-state index in [1.54, 1.807) is 6.08 Å². The fourth-order valence-electron chi connectivity index (χ4n) is 5.24. The summed E-state index contributed by atoms with van der Waals surface area (Å²) in [4.78, 5) is 12.9. The molecule has 0 spiro atoms. The fraction of sp³-hybridized carbons (Fsp3) is 0.432. The van der Waals surface area contributed by atoms with Crippen LogP contribution in [0.2, 0.25) is 0 Å². The fourth-order valence-corrected chi connectivity index (χ4v) is 5.24. The van der Waals surface area contributed by atoms with Crippen LogP contribution < -0.4 is 5.32 Å². The number of rotatable bonds is 19. The summed E-state index contributed by atoms with van der Waals surface area (Å²) in [5.74, 6) is -0.132. The highest BCUT2D eigenvalue weighted by molar-refractivity contribution is 5.76. The molecule has 41 heavy (non-hydrogen) atoms. The molecular formula is C37H48FNO2. The van der Waals surface area contributed by atoms with Crippen molar-refractivity contribution in [2.24, 2.45) is 0 Å². The minimum atomic E-state index is -1.36. The number of hydrogen-bond acceptors (Lipinski definition) is 2. The van der Waals surface area contributed by atoms with E-state index >= 15 is 4.39 Å². The molecule has 4 heteroatoms. The Morgan fingerprint density at radius 2 is 1.24 bits per heavy atom. The molecule has 0 aliphatic heterocycles. The van der Waals surface area contributed by atoms with Crippen molar-refractivity contribution in [3.8, 4) is 0 Å². The number of halogens is 1. The van der Waals surface area contributed by atoms with Gasteiger partial charge in [0.2, 0.25) is 5.91 Å². The van der Waals surface area contributed by atoms with Gasteiger partial charge in [-0.05, 0) is 36.0 Å². The van der Waals surface area contributed by atoms with Crippen LogP contribution in [0.15, 0.2) is 103 Å².